The fourth-order valence-corrected chi connectivity index (χ4v) is 2.05. The Balaban J connectivity index is 1.82. The molecule has 2 aromatic heterocycles. The Bertz CT molecular complexity index is 530. The van der Waals surface area contributed by atoms with Crippen LogP contribution in [0.4, 0.5) is 0 Å². The monoisotopic (exact) mass is 279 g/mol. The van der Waals surface area contributed by atoms with Crippen LogP contribution in [0.1, 0.15) is 23.3 Å². The first-order valence-electron chi connectivity index (χ1n) is 5.83. The molecule has 2 rings (SSSR count). The number of pyridine rings is 1. The molecule has 0 aliphatic carbocycles. The first-order valence-corrected chi connectivity index (χ1v) is 6.81. The number of ether oxygens (including phenoxy) is 1. The van der Waals surface area contributed by atoms with Gasteiger partial charge in [-0.25, -0.2) is 4.79 Å². The second kappa shape index (κ2) is 6.89. The number of hydrogen-bond donors (Lipinski definition) is 0. The maximum Gasteiger partial charge on any atom is 0.396 e. The van der Waals surface area contributed by atoms with Crippen LogP contribution in [0.3, 0.4) is 0 Å². The average molecular weight is 279 g/mol. The summed E-state index contributed by atoms with van der Waals surface area (Å²) >= 11 is 1.38. The van der Waals surface area contributed by atoms with E-state index >= 15 is 0 Å². The van der Waals surface area contributed by atoms with Gasteiger partial charge in [-0.15, -0.1) is 5.10 Å². The Morgan fingerprint density at radius 3 is 3.05 bits per heavy atom. The third-order valence-corrected chi connectivity index (χ3v) is 2.99. The van der Waals surface area contributed by atoms with Crippen LogP contribution in [-0.2, 0) is 11.2 Å². The first-order chi connectivity index (χ1) is 9.29. The third-order valence-electron chi connectivity index (χ3n) is 2.17. The number of esters is 1. The normalized spacial score (nSPS) is 10.4. The van der Waals surface area contributed by atoms with E-state index in [0.717, 1.165) is 17.9 Å². The number of aromatic nitrogens is 3. The van der Waals surface area contributed by atoms with Gasteiger partial charge in [0, 0.05) is 17.6 Å². The minimum absolute atomic E-state index is 0.109. The number of nitrogens with zero attached hydrogens (tertiary/aromatic N) is 3. The van der Waals surface area contributed by atoms with Crippen LogP contribution in [-0.4, -0.2) is 33.5 Å². The molecule has 0 atom stereocenters. The standard InChI is InChI=1S/C12H13N3O3S/c1-2-17-11(16)10-14-15-12(18-10)19-8-6-9-5-3-4-7-13-9/h3-5,7H,2,6,8H2,1H3. The van der Waals surface area contributed by atoms with E-state index in [0.29, 0.717) is 5.22 Å². The zero-order valence-electron chi connectivity index (χ0n) is 10.4. The second-order valence-corrected chi connectivity index (χ2v) is 4.56. The van der Waals surface area contributed by atoms with Crippen molar-refractivity contribution < 1.29 is 13.9 Å². The molecule has 2 aromatic rings. The van der Waals surface area contributed by atoms with Gasteiger partial charge in [-0.1, -0.05) is 22.9 Å². The molecule has 0 aromatic carbocycles. The summed E-state index contributed by atoms with van der Waals surface area (Å²) in [5, 5.41) is 7.77. The van der Waals surface area contributed by atoms with E-state index in [2.05, 4.69) is 15.2 Å². The van der Waals surface area contributed by atoms with Gasteiger partial charge in [0.25, 0.3) is 5.22 Å². The van der Waals surface area contributed by atoms with Crippen molar-refractivity contribution in [2.45, 2.75) is 18.6 Å². The lowest BCUT2D eigenvalue weighted by molar-refractivity contribution is 0.0475. The van der Waals surface area contributed by atoms with Crippen LogP contribution in [0.25, 0.3) is 0 Å². The summed E-state index contributed by atoms with van der Waals surface area (Å²) in [6.07, 6.45) is 2.55. The smallest absolute Gasteiger partial charge is 0.396 e. The summed E-state index contributed by atoms with van der Waals surface area (Å²) in [6, 6.07) is 5.78. The average Bonchev–Trinajstić information content (AvgIpc) is 2.89. The summed E-state index contributed by atoms with van der Waals surface area (Å²) in [5.74, 6) is 0.0512. The van der Waals surface area contributed by atoms with E-state index in [4.69, 9.17) is 9.15 Å². The highest BCUT2D eigenvalue weighted by atomic mass is 32.2. The second-order valence-electron chi connectivity index (χ2n) is 3.51. The van der Waals surface area contributed by atoms with Crippen molar-refractivity contribution in [1.82, 2.24) is 15.2 Å². The maximum atomic E-state index is 11.3. The molecule has 0 bridgehead atoms. The lowest BCUT2D eigenvalue weighted by Gasteiger charge is -1.97. The van der Waals surface area contributed by atoms with E-state index in [9.17, 15) is 4.79 Å². The molecule has 0 amide bonds. The van der Waals surface area contributed by atoms with Crippen LogP contribution >= 0.6 is 11.8 Å². The van der Waals surface area contributed by atoms with Crippen molar-refractivity contribution in [3.05, 3.63) is 36.0 Å². The molecule has 0 radical (unpaired) electrons. The molecular formula is C12H13N3O3S. The van der Waals surface area contributed by atoms with E-state index in [1.165, 1.54) is 11.8 Å². The summed E-state index contributed by atoms with van der Waals surface area (Å²) in [4.78, 5) is 15.5. The predicted molar refractivity (Wildman–Crippen MR) is 68.9 cm³/mol. The summed E-state index contributed by atoms with van der Waals surface area (Å²) in [6.45, 7) is 2.00. The number of carbonyl (C=O) groups excluding carboxylic acids is 1. The SMILES string of the molecule is CCOC(=O)c1nnc(SCCc2ccccn2)o1. The lowest BCUT2D eigenvalue weighted by Crippen LogP contribution is -2.04. The fraction of sp³-hybridized carbons (Fsp3) is 0.333. The number of carbonyl (C=O) groups is 1. The van der Waals surface area contributed by atoms with Gasteiger partial charge in [0.1, 0.15) is 0 Å². The molecule has 0 aliphatic rings. The van der Waals surface area contributed by atoms with Crippen LogP contribution < -0.4 is 0 Å². The quantitative estimate of drug-likeness (QED) is 0.591. The van der Waals surface area contributed by atoms with Gasteiger partial charge in [-0.2, -0.15) is 0 Å². The Kier molecular flexibility index (Phi) is 4.91. The molecule has 0 aliphatic heterocycles. The molecule has 0 unspecified atom stereocenters. The van der Waals surface area contributed by atoms with Gasteiger partial charge in [0.2, 0.25) is 0 Å². The zero-order valence-corrected chi connectivity index (χ0v) is 11.2. The number of hydrogen-bond acceptors (Lipinski definition) is 7. The highest BCUT2D eigenvalue weighted by Gasteiger charge is 2.15. The maximum absolute atomic E-state index is 11.3. The Morgan fingerprint density at radius 1 is 1.42 bits per heavy atom. The summed E-state index contributed by atoms with van der Waals surface area (Å²) in [7, 11) is 0. The molecule has 0 N–H and O–H groups in total. The molecule has 19 heavy (non-hydrogen) atoms. The van der Waals surface area contributed by atoms with E-state index < -0.39 is 5.97 Å². The van der Waals surface area contributed by atoms with E-state index in [1.807, 2.05) is 18.2 Å². The van der Waals surface area contributed by atoms with Gasteiger partial charge >= 0.3 is 11.9 Å². The number of aryl methyl sites for hydroxylation is 1. The molecule has 0 fully saturated rings. The van der Waals surface area contributed by atoms with Crippen molar-refractivity contribution in [2.24, 2.45) is 0 Å². The summed E-state index contributed by atoms with van der Waals surface area (Å²) in [5.41, 5.74) is 1.00. The van der Waals surface area contributed by atoms with Crippen LogP contribution in [0, 0.1) is 0 Å². The first kappa shape index (κ1) is 13.5. The van der Waals surface area contributed by atoms with E-state index in [-0.39, 0.29) is 12.5 Å². The Labute approximate surface area is 114 Å². The highest BCUT2D eigenvalue weighted by Crippen LogP contribution is 2.17. The van der Waals surface area contributed by atoms with Gasteiger partial charge in [0.05, 0.1) is 6.61 Å². The lowest BCUT2D eigenvalue weighted by atomic mass is 10.3. The summed E-state index contributed by atoms with van der Waals surface area (Å²) < 4.78 is 9.94. The van der Waals surface area contributed by atoms with Crippen molar-refractivity contribution >= 4 is 17.7 Å². The highest BCUT2D eigenvalue weighted by molar-refractivity contribution is 7.99. The Hall–Kier alpha value is -1.89. The molecule has 0 spiro atoms. The van der Waals surface area contributed by atoms with Gasteiger partial charge < -0.3 is 9.15 Å². The van der Waals surface area contributed by atoms with Crippen molar-refractivity contribution in [3.63, 3.8) is 0 Å². The van der Waals surface area contributed by atoms with Gasteiger partial charge in [0.15, 0.2) is 0 Å². The molecule has 0 saturated heterocycles. The van der Waals surface area contributed by atoms with Crippen molar-refractivity contribution in [2.75, 3.05) is 12.4 Å². The predicted octanol–water partition coefficient (Wildman–Crippen LogP) is 1.98. The Morgan fingerprint density at radius 2 is 2.32 bits per heavy atom. The number of thioether (sulfide) groups is 1. The van der Waals surface area contributed by atoms with E-state index in [1.54, 1.807) is 13.1 Å². The van der Waals surface area contributed by atoms with Gasteiger partial charge in [-0.05, 0) is 25.5 Å². The molecule has 6 nitrogen and oxygen atoms in total. The number of rotatable bonds is 6. The topological polar surface area (TPSA) is 78.1 Å². The molecule has 0 saturated carbocycles. The van der Waals surface area contributed by atoms with Crippen molar-refractivity contribution in [1.29, 1.82) is 0 Å². The van der Waals surface area contributed by atoms with Crippen LogP contribution in [0.2, 0.25) is 0 Å². The molecule has 100 valence electrons. The van der Waals surface area contributed by atoms with Crippen LogP contribution in [0.5, 0.6) is 0 Å². The van der Waals surface area contributed by atoms with Crippen molar-refractivity contribution in [3.8, 4) is 0 Å². The van der Waals surface area contributed by atoms with Gasteiger partial charge in [-0.3, -0.25) is 4.98 Å². The molecule has 7 heteroatoms. The zero-order chi connectivity index (χ0) is 13.5. The fourth-order valence-electron chi connectivity index (χ4n) is 1.33. The molecular weight excluding hydrogens is 266 g/mol. The minimum atomic E-state index is -0.591. The third kappa shape index (κ3) is 4.06. The molecule has 2 heterocycles. The van der Waals surface area contributed by atoms with Crippen LogP contribution in [0.15, 0.2) is 34.0 Å². The minimum Gasteiger partial charge on any atom is -0.459 e. The largest absolute Gasteiger partial charge is 0.459 e.